The highest BCUT2D eigenvalue weighted by atomic mass is 35.5. The zero-order valence-electron chi connectivity index (χ0n) is 7.46. The molecule has 5 heteroatoms. The molecule has 1 amide bonds. The maximum Gasteiger partial charge on any atom is 0.257 e. The molecular formula is C8H12ClN3O. The summed E-state index contributed by atoms with van der Waals surface area (Å²) in [7, 11) is 0. The molecule has 0 saturated heterocycles. The molecule has 0 spiro atoms. The minimum Gasteiger partial charge on any atom is -0.338 e. The highest BCUT2D eigenvalue weighted by molar-refractivity contribution is 6.18. The second-order valence-corrected chi connectivity index (χ2v) is 2.94. The lowest BCUT2D eigenvalue weighted by Gasteiger charge is -2.18. The summed E-state index contributed by atoms with van der Waals surface area (Å²) in [6, 6.07) is 0. The van der Waals surface area contributed by atoms with Crippen LogP contribution < -0.4 is 0 Å². The summed E-state index contributed by atoms with van der Waals surface area (Å²) in [5.74, 6) is 0.425. The van der Waals surface area contributed by atoms with Gasteiger partial charge in [0, 0.05) is 25.2 Å². The van der Waals surface area contributed by atoms with Crippen LogP contribution in [0.1, 0.15) is 17.3 Å². The first-order valence-corrected chi connectivity index (χ1v) is 4.67. The molecule has 0 radical (unpaired) electrons. The van der Waals surface area contributed by atoms with Crippen molar-refractivity contribution in [2.75, 3.05) is 19.0 Å². The second-order valence-electron chi connectivity index (χ2n) is 2.56. The molecule has 1 rings (SSSR count). The van der Waals surface area contributed by atoms with Gasteiger partial charge in [0.15, 0.2) is 0 Å². The molecule has 0 aliphatic heterocycles. The SMILES string of the molecule is CCN(CCCl)C(=O)c1cn[nH]c1. The molecule has 0 unspecified atom stereocenters. The summed E-state index contributed by atoms with van der Waals surface area (Å²) < 4.78 is 0. The smallest absolute Gasteiger partial charge is 0.257 e. The van der Waals surface area contributed by atoms with Crippen molar-refractivity contribution in [1.29, 1.82) is 0 Å². The Bertz CT molecular complexity index is 260. The van der Waals surface area contributed by atoms with E-state index in [4.69, 9.17) is 11.6 Å². The summed E-state index contributed by atoms with van der Waals surface area (Å²) in [5, 5.41) is 6.32. The molecule has 0 atom stereocenters. The van der Waals surface area contributed by atoms with Gasteiger partial charge in [-0.05, 0) is 6.92 Å². The van der Waals surface area contributed by atoms with Crippen molar-refractivity contribution in [3.05, 3.63) is 18.0 Å². The number of aromatic nitrogens is 2. The van der Waals surface area contributed by atoms with Crippen LogP contribution in [-0.2, 0) is 0 Å². The Morgan fingerprint density at radius 2 is 2.54 bits per heavy atom. The minimum atomic E-state index is -0.0306. The molecule has 0 bridgehead atoms. The fourth-order valence-corrected chi connectivity index (χ4v) is 1.26. The zero-order chi connectivity index (χ0) is 9.68. The Kier molecular flexibility index (Phi) is 3.76. The number of halogens is 1. The first kappa shape index (κ1) is 10.1. The number of hydrogen-bond donors (Lipinski definition) is 1. The molecule has 0 fully saturated rings. The zero-order valence-corrected chi connectivity index (χ0v) is 8.21. The first-order valence-electron chi connectivity index (χ1n) is 4.13. The fraction of sp³-hybridized carbons (Fsp3) is 0.500. The van der Waals surface area contributed by atoms with Crippen LogP contribution in [0.4, 0.5) is 0 Å². The number of nitrogens with one attached hydrogen (secondary N) is 1. The highest BCUT2D eigenvalue weighted by Crippen LogP contribution is 2.01. The number of carbonyl (C=O) groups excluding carboxylic acids is 1. The molecule has 0 saturated carbocycles. The number of nitrogens with zero attached hydrogens (tertiary/aromatic N) is 2. The van der Waals surface area contributed by atoms with Crippen molar-refractivity contribution in [3.8, 4) is 0 Å². The molecule has 4 nitrogen and oxygen atoms in total. The van der Waals surface area contributed by atoms with Gasteiger partial charge in [0.25, 0.3) is 5.91 Å². The van der Waals surface area contributed by atoms with Crippen LogP contribution in [0, 0.1) is 0 Å². The third-order valence-electron chi connectivity index (χ3n) is 1.77. The maximum atomic E-state index is 11.6. The lowest BCUT2D eigenvalue weighted by atomic mass is 10.3. The lowest BCUT2D eigenvalue weighted by Crippen LogP contribution is -2.32. The van der Waals surface area contributed by atoms with Crippen LogP contribution in [-0.4, -0.2) is 40.0 Å². The highest BCUT2D eigenvalue weighted by Gasteiger charge is 2.13. The normalized spacial score (nSPS) is 10.0. The summed E-state index contributed by atoms with van der Waals surface area (Å²) >= 11 is 5.56. The summed E-state index contributed by atoms with van der Waals surface area (Å²) in [5.41, 5.74) is 0.576. The number of amides is 1. The number of alkyl halides is 1. The van der Waals surface area contributed by atoms with Crippen LogP contribution in [0.25, 0.3) is 0 Å². The van der Waals surface area contributed by atoms with Gasteiger partial charge in [0.2, 0.25) is 0 Å². The van der Waals surface area contributed by atoms with Crippen molar-refractivity contribution >= 4 is 17.5 Å². The van der Waals surface area contributed by atoms with Gasteiger partial charge in [0.05, 0.1) is 11.8 Å². The molecule has 13 heavy (non-hydrogen) atoms. The van der Waals surface area contributed by atoms with Crippen LogP contribution in [0.15, 0.2) is 12.4 Å². The van der Waals surface area contributed by atoms with Crippen molar-refractivity contribution in [3.63, 3.8) is 0 Å². The second kappa shape index (κ2) is 4.87. The standard InChI is InChI=1S/C8H12ClN3O/c1-2-12(4-3-9)8(13)7-5-10-11-6-7/h5-6H,2-4H2,1H3,(H,10,11). The Hall–Kier alpha value is -1.03. The van der Waals surface area contributed by atoms with Crippen LogP contribution in [0.5, 0.6) is 0 Å². The fourth-order valence-electron chi connectivity index (χ4n) is 1.06. The van der Waals surface area contributed by atoms with E-state index in [1.807, 2.05) is 6.92 Å². The number of H-pyrrole nitrogens is 1. The molecule has 1 heterocycles. The quantitative estimate of drug-likeness (QED) is 0.742. The van der Waals surface area contributed by atoms with Crippen LogP contribution in [0.3, 0.4) is 0 Å². The van der Waals surface area contributed by atoms with E-state index in [2.05, 4.69) is 10.2 Å². The third kappa shape index (κ3) is 2.45. The van der Waals surface area contributed by atoms with Gasteiger partial charge in [-0.25, -0.2) is 0 Å². The molecular weight excluding hydrogens is 190 g/mol. The van der Waals surface area contributed by atoms with Crippen molar-refractivity contribution < 1.29 is 4.79 Å². The summed E-state index contributed by atoms with van der Waals surface area (Å²) in [4.78, 5) is 13.3. The Labute approximate surface area is 81.9 Å². The van der Waals surface area contributed by atoms with Crippen molar-refractivity contribution in [1.82, 2.24) is 15.1 Å². The average Bonchev–Trinajstić information content (AvgIpc) is 2.65. The van der Waals surface area contributed by atoms with E-state index in [1.54, 1.807) is 11.1 Å². The van der Waals surface area contributed by atoms with Gasteiger partial charge >= 0.3 is 0 Å². The number of carbonyl (C=O) groups is 1. The van der Waals surface area contributed by atoms with Crippen LogP contribution in [0.2, 0.25) is 0 Å². The topological polar surface area (TPSA) is 49.0 Å². The van der Waals surface area contributed by atoms with Crippen LogP contribution >= 0.6 is 11.6 Å². The van der Waals surface area contributed by atoms with E-state index in [0.29, 0.717) is 24.5 Å². The van der Waals surface area contributed by atoms with Gasteiger partial charge in [-0.1, -0.05) is 0 Å². The van der Waals surface area contributed by atoms with E-state index >= 15 is 0 Å². The summed E-state index contributed by atoms with van der Waals surface area (Å²) in [6.07, 6.45) is 3.10. The number of aromatic amines is 1. The largest absolute Gasteiger partial charge is 0.338 e. The molecule has 0 aromatic carbocycles. The van der Waals surface area contributed by atoms with E-state index in [-0.39, 0.29) is 5.91 Å². The summed E-state index contributed by atoms with van der Waals surface area (Å²) in [6.45, 7) is 3.16. The predicted octanol–water partition coefficient (Wildman–Crippen LogP) is 1.11. The Morgan fingerprint density at radius 3 is 3.00 bits per heavy atom. The molecule has 0 aliphatic carbocycles. The lowest BCUT2D eigenvalue weighted by molar-refractivity contribution is 0.0774. The Balaban J connectivity index is 2.65. The van der Waals surface area contributed by atoms with Crippen molar-refractivity contribution in [2.24, 2.45) is 0 Å². The monoisotopic (exact) mass is 201 g/mol. The molecule has 1 aromatic rings. The van der Waals surface area contributed by atoms with Gasteiger partial charge in [0.1, 0.15) is 0 Å². The van der Waals surface area contributed by atoms with E-state index < -0.39 is 0 Å². The van der Waals surface area contributed by atoms with E-state index in [0.717, 1.165) is 0 Å². The molecule has 0 aliphatic rings. The van der Waals surface area contributed by atoms with E-state index in [9.17, 15) is 4.79 Å². The number of rotatable bonds is 4. The first-order chi connectivity index (χ1) is 6.29. The maximum absolute atomic E-state index is 11.6. The minimum absolute atomic E-state index is 0.0306. The number of hydrogen-bond acceptors (Lipinski definition) is 2. The average molecular weight is 202 g/mol. The van der Waals surface area contributed by atoms with Gasteiger partial charge in [-0.15, -0.1) is 11.6 Å². The predicted molar refractivity (Wildman–Crippen MR) is 50.9 cm³/mol. The molecule has 1 aromatic heterocycles. The van der Waals surface area contributed by atoms with Gasteiger partial charge in [-0.2, -0.15) is 5.10 Å². The molecule has 72 valence electrons. The third-order valence-corrected chi connectivity index (χ3v) is 1.94. The molecule has 1 N–H and O–H groups in total. The van der Waals surface area contributed by atoms with Gasteiger partial charge in [-0.3, -0.25) is 9.89 Å². The van der Waals surface area contributed by atoms with E-state index in [1.165, 1.54) is 6.20 Å². The Morgan fingerprint density at radius 1 is 1.77 bits per heavy atom. The van der Waals surface area contributed by atoms with Gasteiger partial charge < -0.3 is 4.90 Å². The van der Waals surface area contributed by atoms with Crippen molar-refractivity contribution in [2.45, 2.75) is 6.92 Å².